The van der Waals surface area contributed by atoms with Gasteiger partial charge in [0.05, 0.1) is 6.61 Å². The number of carbonyl (C=O) groups is 3. The molecule has 27 heteroatoms. The van der Waals surface area contributed by atoms with E-state index in [4.69, 9.17) is 29.0 Å². The molecule has 0 rings (SSSR count). The molecular formula is C64H107ClI17NaO7Sn. The Morgan fingerprint density at radius 2 is 0.582 bits per heavy atom. The third-order valence-corrected chi connectivity index (χ3v) is 46.8. The number of esters is 1. The van der Waals surface area contributed by atoms with Crippen LogP contribution in [-0.2, 0) is 19.1 Å². The molecule has 0 aliphatic carbocycles. The van der Waals surface area contributed by atoms with Gasteiger partial charge in [-0.15, -0.1) is 0 Å². The number of rotatable bonds is 51. The molecule has 0 bridgehead atoms. The molecule has 0 aromatic carbocycles. The van der Waals surface area contributed by atoms with E-state index in [-0.39, 0.29) is 72.5 Å². The number of allylic oxidation sites excluding steroid dienone is 8. The third-order valence-electron chi connectivity index (χ3n) is 13.3. The van der Waals surface area contributed by atoms with E-state index in [2.05, 4.69) is 431 Å². The number of halogens is 18. The average Bonchev–Trinajstić information content (AvgIpc) is 2.99. The number of hydrogen-bond donors (Lipinski definition) is 3. The molecule has 0 spiro atoms. The van der Waals surface area contributed by atoms with Gasteiger partial charge in [0.25, 0.3) is 0 Å². The van der Waals surface area contributed by atoms with Gasteiger partial charge in [-0.1, -0.05) is 482 Å². The maximum Gasteiger partial charge on any atom is 1.00 e. The van der Waals surface area contributed by atoms with Gasteiger partial charge < -0.3 is 44.0 Å². The zero-order valence-electron chi connectivity index (χ0n) is 54.3. The van der Waals surface area contributed by atoms with Crippen molar-refractivity contribution in [3.05, 3.63) is 48.6 Å². The summed E-state index contributed by atoms with van der Waals surface area (Å²) < 4.78 is 16.3. The van der Waals surface area contributed by atoms with Crippen molar-refractivity contribution in [2.45, 2.75) is 290 Å². The van der Waals surface area contributed by atoms with Crippen LogP contribution >= 0.6 is 370 Å². The summed E-state index contributed by atoms with van der Waals surface area (Å²) in [5.41, 5.74) is 0. The van der Waals surface area contributed by atoms with Crippen LogP contribution in [0.25, 0.3) is 0 Å². The van der Waals surface area contributed by atoms with Crippen molar-refractivity contribution >= 4 is 410 Å². The molecule has 0 amide bonds. The molecule has 91 heavy (non-hydrogen) atoms. The summed E-state index contributed by atoms with van der Waals surface area (Å²) in [5.74, 6) is -1.44. The van der Waals surface area contributed by atoms with Crippen LogP contribution < -0.4 is 53.5 Å². The first kappa shape index (κ1) is 116. The van der Waals surface area contributed by atoms with Crippen molar-refractivity contribution in [2.24, 2.45) is 0 Å². The van der Waals surface area contributed by atoms with E-state index in [1.807, 2.05) is 6.92 Å². The predicted molar refractivity (Wildman–Crippen MR) is 535 cm³/mol. The van der Waals surface area contributed by atoms with E-state index in [1.54, 1.807) is 6.92 Å². The van der Waals surface area contributed by atoms with Crippen molar-refractivity contribution in [3.8, 4) is 0 Å². The molecule has 0 saturated carbocycles. The van der Waals surface area contributed by atoms with E-state index >= 15 is 0 Å². The molecule has 16 unspecified atom stereocenters. The molecule has 3 N–H and O–H groups in total. The minimum absolute atomic E-state index is 0. The molecule has 0 aromatic heterocycles. The average molecular weight is 3320 g/mol. The first-order chi connectivity index (χ1) is 42.2. The second-order valence-electron chi connectivity index (χ2n) is 21.3. The molecule has 0 saturated heterocycles. The molecule has 7 nitrogen and oxygen atoms in total. The van der Waals surface area contributed by atoms with E-state index in [1.165, 1.54) is 116 Å². The number of carbonyl (C=O) groups excluding carboxylic acids is 1. The SMILES string of the molecule is CCCCC/C=C\C/C=C\C/C=C\C/C=C\CCCC(=O)O.CCCCCC(I)C(I)CC(I)C(I)CC(I)C(I)CC(I)C(I)CCCC(=O)O.CCCCCC(I)C(I)CC(I)C(I)CC(I)C(I)CC(I)C(I)CCCC(=O)OCC.CCO.[Cl][SnH].[I-].[Na+]. The monoisotopic (exact) mass is 3320 g/mol. The van der Waals surface area contributed by atoms with E-state index in [0.717, 1.165) is 111 Å². The number of ether oxygens (including phenoxy) is 1. The van der Waals surface area contributed by atoms with Gasteiger partial charge in [-0.25, -0.2) is 0 Å². The predicted octanol–water partition coefficient (Wildman–Crippen LogP) is 21.6. The number of alkyl halides is 16. The molecule has 536 valence electrons. The Morgan fingerprint density at radius 3 is 0.846 bits per heavy atom. The number of carboxylic acids is 2. The summed E-state index contributed by atoms with van der Waals surface area (Å²) in [6, 6.07) is 0. The Morgan fingerprint density at radius 1 is 0.363 bits per heavy atom. The molecule has 0 aliphatic rings. The first-order valence-electron chi connectivity index (χ1n) is 31.5. The van der Waals surface area contributed by atoms with Crippen LogP contribution in [0.1, 0.15) is 227 Å². The Kier molecular flexibility index (Phi) is 110. The Bertz CT molecular complexity index is 1730. The largest absolute Gasteiger partial charge is 1.00 e. The van der Waals surface area contributed by atoms with Gasteiger partial charge in [-0.05, 0) is 136 Å². The van der Waals surface area contributed by atoms with Crippen LogP contribution in [0, 0.1) is 0 Å². The summed E-state index contributed by atoms with van der Waals surface area (Å²) in [4.78, 5) is 32.6. The fourth-order valence-corrected chi connectivity index (χ4v) is 27.2. The molecule has 16 atom stereocenters. The van der Waals surface area contributed by atoms with Gasteiger partial charge in [-0.2, -0.15) is 0 Å². The van der Waals surface area contributed by atoms with Crippen LogP contribution in [0.4, 0.5) is 0 Å². The fraction of sp³-hybridized carbons (Fsp3) is 0.828. The van der Waals surface area contributed by atoms with E-state index < -0.39 is 11.9 Å². The number of hydrogen-bond acceptors (Lipinski definition) is 5. The van der Waals surface area contributed by atoms with E-state index in [9.17, 15) is 14.4 Å². The minimum Gasteiger partial charge on any atom is -1.00 e. The second kappa shape index (κ2) is 85.8. The fourth-order valence-electron chi connectivity index (χ4n) is 8.02. The van der Waals surface area contributed by atoms with Crippen LogP contribution in [0.2, 0.25) is 0 Å². The van der Waals surface area contributed by atoms with Gasteiger partial charge in [0, 0.05) is 88.7 Å². The molecule has 0 aromatic rings. The third kappa shape index (κ3) is 81.1. The van der Waals surface area contributed by atoms with Crippen LogP contribution in [0.15, 0.2) is 48.6 Å². The molecule has 0 heterocycles. The molecular weight excluding hydrogens is 3220 g/mol. The summed E-state index contributed by atoms with van der Waals surface area (Å²) in [6.45, 7) is 11.1. The first-order valence-corrected chi connectivity index (χ1v) is 55.6. The smallest absolute Gasteiger partial charge is 1.00 e. The normalized spacial score (nSPS) is 16.7. The van der Waals surface area contributed by atoms with Gasteiger partial charge >= 0.3 is 77.8 Å². The van der Waals surface area contributed by atoms with Crippen molar-refractivity contribution in [1.29, 1.82) is 0 Å². The quantitative estimate of drug-likeness (QED) is 0.0139. The zero-order valence-corrected chi connectivity index (χ0v) is 97.1. The molecule has 0 fully saturated rings. The van der Waals surface area contributed by atoms with Crippen molar-refractivity contribution < 1.29 is 88.0 Å². The summed E-state index contributed by atoms with van der Waals surface area (Å²) in [5, 5.41) is 24.9. The molecule has 2 radical (unpaired) electrons. The summed E-state index contributed by atoms with van der Waals surface area (Å²) in [7, 11) is 4.77. The van der Waals surface area contributed by atoms with Gasteiger partial charge in [0.15, 0.2) is 0 Å². The second-order valence-corrected chi connectivity index (χ2v) is 46.9. The Labute approximate surface area is 831 Å². The Balaban J connectivity index is -0.000000225. The molecule has 0 aliphatic heterocycles. The zero-order chi connectivity index (χ0) is 69.0. The summed E-state index contributed by atoms with van der Waals surface area (Å²) in [6.07, 6.45) is 50.6. The van der Waals surface area contributed by atoms with Gasteiger partial charge in [0.2, 0.25) is 0 Å². The van der Waals surface area contributed by atoms with Crippen molar-refractivity contribution in [3.63, 3.8) is 0 Å². The maximum atomic E-state index is 11.6. The Hall–Kier alpha value is 11.8. The standard InChI is InChI=1S/C22H36I8O2.C20H32I8O2.C20H32O2.C2H6O.ClH.HI.Na.Sn.H/c1-3-5-6-8-14(23)16(25)11-18(27)20(29)13-21(30)19(28)12-17(26)15(24)9-7-10-22(31)32-4-2;1-2-3-4-6-12(21)14(23)9-16(25)18(27)11-19(28)17(26)10-15(24)13(22)7-5-8-20(29)30;1-2-3-4-5-6-7-8-9-10-11-12-13-14-15-16-17-18-19-20(21)22;1-2-3;;;;;/h14-21H,3-13H2,1-2H3;12-19H,2-11H2,1H3,(H,29,30);6-7,9-10,12-13,15-16H,2-5,8,11,14,17-19H2,1H3,(H,21,22);3H,2H2,1H3;2*1H;;;/q;;;;;;2*+1;/p-2/b;;7-6-,10-9-,13-12-,16-15-;;;;;;. The maximum absolute atomic E-state index is 11.6. The number of unbranched alkanes of at least 4 members (excludes halogenated alkanes) is 8. The summed E-state index contributed by atoms with van der Waals surface area (Å²) >= 11 is 43.5. The number of aliphatic hydroxyl groups excluding tert-OH is 1. The van der Waals surface area contributed by atoms with Gasteiger partial charge in [0.1, 0.15) is 0 Å². The number of carboxylic acid groups (broad SMARTS) is 2. The van der Waals surface area contributed by atoms with Crippen molar-refractivity contribution in [2.75, 3.05) is 13.2 Å². The topological polar surface area (TPSA) is 121 Å². The van der Waals surface area contributed by atoms with Crippen LogP contribution in [0.5, 0.6) is 0 Å². The number of aliphatic hydroxyl groups is 1. The number of aliphatic carboxylic acids is 2. The van der Waals surface area contributed by atoms with Crippen LogP contribution in [-0.4, -0.2) is 131 Å². The van der Waals surface area contributed by atoms with Crippen molar-refractivity contribution in [1.82, 2.24) is 0 Å². The van der Waals surface area contributed by atoms with E-state index in [0.29, 0.717) is 50.8 Å². The van der Waals surface area contributed by atoms with Gasteiger partial charge in [-0.3, -0.25) is 14.4 Å². The minimum atomic E-state index is -0.712. The van der Waals surface area contributed by atoms with Crippen LogP contribution in [0.3, 0.4) is 0 Å².